The number of hydrogen-bond donors (Lipinski definition) is 1. The first-order valence-corrected chi connectivity index (χ1v) is 7.73. The Bertz CT molecular complexity index is 505. The summed E-state index contributed by atoms with van der Waals surface area (Å²) >= 11 is 6.05. The molecule has 20 heavy (non-hydrogen) atoms. The highest BCUT2D eigenvalue weighted by molar-refractivity contribution is 6.30. The minimum absolute atomic E-state index is 0.189. The molecule has 1 amide bonds. The molecule has 2 aliphatic rings. The van der Waals surface area contributed by atoms with Crippen LogP contribution in [0.2, 0.25) is 5.02 Å². The highest BCUT2D eigenvalue weighted by atomic mass is 35.5. The summed E-state index contributed by atoms with van der Waals surface area (Å²) in [6.07, 6.45) is 3.97. The topological polar surface area (TPSA) is 32.3 Å². The molecule has 1 aromatic rings. The fraction of sp³-hybridized carbons (Fsp3) is 0.562. The summed E-state index contributed by atoms with van der Waals surface area (Å²) in [4.78, 5) is 14.9. The monoisotopic (exact) mass is 292 g/mol. The molecule has 1 N–H and O–H groups in total. The van der Waals surface area contributed by atoms with Gasteiger partial charge in [0.25, 0.3) is 0 Å². The minimum atomic E-state index is -0.311. The third-order valence-corrected chi connectivity index (χ3v) is 4.85. The zero-order chi connectivity index (χ0) is 14.2. The number of carbonyl (C=O) groups excluding carboxylic acids is 1. The van der Waals surface area contributed by atoms with Crippen molar-refractivity contribution in [2.75, 3.05) is 20.1 Å². The Hall–Kier alpha value is -1.06. The maximum absolute atomic E-state index is 12.6. The number of likely N-dealkylation sites (tertiary alicyclic amines) is 1. The van der Waals surface area contributed by atoms with E-state index in [1.54, 1.807) is 0 Å². The first kappa shape index (κ1) is 13.9. The summed E-state index contributed by atoms with van der Waals surface area (Å²) in [6.45, 7) is 2.13. The van der Waals surface area contributed by atoms with Gasteiger partial charge in [0.1, 0.15) is 0 Å². The van der Waals surface area contributed by atoms with Gasteiger partial charge in [0, 0.05) is 11.1 Å². The molecular formula is C16H21ClN2O. The molecule has 0 radical (unpaired) electrons. The fourth-order valence-corrected chi connectivity index (χ4v) is 3.22. The van der Waals surface area contributed by atoms with Crippen LogP contribution in [-0.2, 0) is 10.2 Å². The lowest BCUT2D eigenvalue weighted by Crippen LogP contribution is -2.46. The molecule has 1 aromatic carbocycles. The Kier molecular flexibility index (Phi) is 3.74. The predicted molar refractivity (Wildman–Crippen MR) is 81.0 cm³/mol. The van der Waals surface area contributed by atoms with E-state index in [0.717, 1.165) is 44.3 Å². The number of piperidine rings is 1. The Labute approximate surface area is 125 Å². The predicted octanol–water partition coefficient (Wildman–Crippen LogP) is 2.58. The maximum Gasteiger partial charge on any atom is 0.230 e. The van der Waals surface area contributed by atoms with E-state index < -0.39 is 0 Å². The van der Waals surface area contributed by atoms with E-state index in [1.165, 1.54) is 0 Å². The second-order valence-corrected chi connectivity index (χ2v) is 6.58. The van der Waals surface area contributed by atoms with E-state index in [4.69, 9.17) is 11.6 Å². The molecular weight excluding hydrogens is 272 g/mol. The SMILES string of the molecule is CN1CCC(NC(=O)C2(c3cccc(Cl)c3)CC2)CC1. The van der Waals surface area contributed by atoms with Crippen molar-refractivity contribution in [3.05, 3.63) is 34.9 Å². The quantitative estimate of drug-likeness (QED) is 0.929. The molecule has 0 spiro atoms. The molecule has 1 saturated heterocycles. The fourth-order valence-electron chi connectivity index (χ4n) is 3.03. The number of benzene rings is 1. The van der Waals surface area contributed by atoms with Crippen molar-refractivity contribution in [1.82, 2.24) is 10.2 Å². The van der Waals surface area contributed by atoms with Gasteiger partial charge in [-0.1, -0.05) is 23.7 Å². The third kappa shape index (κ3) is 2.70. The van der Waals surface area contributed by atoms with Crippen molar-refractivity contribution >= 4 is 17.5 Å². The van der Waals surface area contributed by atoms with Crippen molar-refractivity contribution in [3.63, 3.8) is 0 Å². The van der Waals surface area contributed by atoms with Crippen LogP contribution in [0.4, 0.5) is 0 Å². The summed E-state index contributed by atoms with van der Waals surface area (Å²) in [5.74, 6) is 0.189. The average Bonchev–Trinajstić information content (AvgIpc) is 3.23. The van der Waals surface area contributed by atoms with Crippen LogP contribution in [0.1, 0.15) is 31.2 Å². The first-order valence-electron chi connectivity index (χ1n) is 7.36. The van der Waals surface area contributed by atoms with Gasteiger partial charge in [-0.05, 0) is 63.5 Å². The van der Waals surface area contributed by atoms with Crippen molar-refractivity contribution in [3.8, 4) is 0 Å². The van der Waals surface area contributed by atoms with Crippen LogP contribution in [0.3, 0.4) is 0 Å². The van der Waals surface area contributed by atoms with E-state index in [0.29, 0.717) is 11.1 Å². The zero-order valence-corrected chi connectivity index (χ0v) is 12.6. The van der Waals surface area contributed by atoms with Gasteiger partial charge in [0.15, 0.2) is 0 Å². The number of carbonyl (C=O) groups is 1. The van der Waals surface area contributed by atoms with Crippen molar-refractivity contribution in [2.24, 2.45) is 0 Å². The van der Waals surface area contributed by atoms with Gasteiger partial charge in [-0.3, -0.25) is 4.79 Å². The average molecular weight is 293 g/mol. The molecule has 0 aromatic heterocycles. The van der Waals surface area contributed by atoms with E-state index >= 15 is 0 Å². The van der Waals surface area contributed by atoms with E-state index in [1.807, 2.05) is 24.3 Å². The lowest BCUT2D eigenvalue weighted by molar-refractivity contribution is -0.124. The van der Waals surface area contributed by atoms with Gasteiger partial charge in [0.05, 0.1) is 5.41 Å². The van der Waals surface area contributed by atoms with Crippen molar-refractivity contribution < 1.29 is 4.79 Å². The number of amides is 1. The largest absolute Gasteiger partial charge is 0.353 e. The van der Waals surface area contributed by atoms with Crippen molar-refractivity contribution in [1.29, 1.82) is 0 Å². The molecule has 0 atom stereocenters. The van der Waals surface area contributed by atoms with E-state index in [-0.39, 0.29) is 11.3 Å². The number of nitrogens with one attached hydrogen (secondary N) is 1. The summed E-state index contributed by atoms with van der Waals surface area (Å²) in [6, 6.07) is 8.07. The van der Waals surface area contributed by atoms with Gasteiger partial charge in [-0.15, -0.1) is 0 Å². The summed E-state index contributed by atoms with van der Waals surface area (Å²) in [5, 5.41) is 3.96. The molecule has 1 aliphatic heterocycles. The van der Waals surface area contributed by atoms with Crippen LogP contribution in [0.25, 0.3) is 0 Å². The molecule has 1 heterocycles. The molecule has 2 fully saturated rings. The smallest absolute Gasteiger partial charge is 0.230 e. The van der Waals surface area contributed by atoms with Gasteiger partial charge in [-0.25, -0.2) is 0 Å². The highest BCUT2D eigenvalue weighted by Crippen LogP contribution is 2.49. The van der Waals surface area contributed by atoms with E-state index in [2.05, 4.69) is 17.3 Å². The molecule has 3 nitrogen and oxygen atoms in total. The number of hydrogen-bond acceptors (Lipinski definition) is 2. The summed E-state index contributed by atoms with van der Waals surface area (Å²) in [7, 11) is 2.13. The molecule has 1 saturated carbocycles. The van der Waals surface area contributed by atoms with Crippen LogP contribution in [0, 0.1) is 0 Å². The summed E-state index contributed by atoms with van der Waals surface area (Å²) < 4.78 is 0. The minimum Gasteiger partial charge on any atom is -0.353 e. The summed E-state index contributed by atoms with van der Waals surface area (Å²) in [5.41, 5.74) is 0.754. The zero-order valence-electron chi connectivity index (χ0n) is 11.9. The number of nitrogens with zero attached hydrogens (tertiary/aromatic N) is 1. The molecule has 1 aliphatic carbocycles. The van der Waals surface area contributed by atoms with Gasteiger partial charge >= 0.3 is 0 Å². The maximum atomic E-state index is 12.6. The third-order valence-electron chi connectivity index (χ3n) is 4.62. The first-order chi connectivity index (χ1) is 9.60. The van der Waals surface area contributed by atoms with Gasteiger partial charge < -0.3 is 10.2 Å². The Morgan fingerprint density at radius 1 is 1.35 bits per heavy atom. The normalized spacial score (nSPS) is 22.5. The second-order valence-electron chi connectivity index (χ2n) is 6.14. The van der Waals surface area contributed by atoms with Gasteiger partial charge in [-0.2, -0.15) is 0 Å². The highest BCUT2D eigenvalue weighted by Gasteiger charge is 2.51. The molecule has 3 rings (SSSR count). The lowest BCUT2D eigenvalue weighted by atomic mass is 9.94. The molecule has 0 unspecified atom stereocenters. The second kappa shape index (κ2) is 5.38. The van der Waals surface area contributed by atoms with Crippen LogP contribution in [0.5, 0.6) is 0 Å². The number of halogens is 1. The molecule has 0 bridgehead atoms. The Balaban J connectivity index is 1.68. The Morgan fingerprint density at radius 3 is 2.65 bits per heavy atom. The van der Waals surface area contributed by atoms with Crippen LogP contribution in [0.15, 0.2) is 24.3 Å². The number of rotatable bonds is 3. The molecule has 108 valence electrons. The standard InChI is InChI=1S/C16H21ClN2O/c1-19-9-5-14(6-10-19)18-15(20)16(7-8-16)12-3-2-4-13(17)11-12/h2-4,11,14H,5-10H2,1H3,(H,18,20). The molecule has 4 heteroatoms. The van der Waals surface area contributed by atoms with E-state index in [9.17, 15) is 4.79 Å². The van der Waals surface area contributed by atoms with Crippen LogP contribution in [-0.4, -0.2) is 37.0 Å². The van der Waals surface area contributed by atoms with Crippen LogP contribution >= 0.6 is 11.6 Å². The van der Waals surface area contributed by atoms with Gasteiger partial charge in [0.2, 0.25) is 5.91 Å². The lowest BCUT2D eigenvalue weighted by Gasteiger charge is -2.30. The Morgan fingerprint density at radius 2 is 2.05 bits per heavy atom. The van der Waals surface area contributed by atoms with Crippen molar-refractivity contribution in [2.45, 2.75) is 37.1 Å². The van der Waals surface area contributed by atoms with Crippen LogP contribution < -0.4 is 5.32 Å².